The van der Waals surface area contributed by atoms with Crippen LogP contribution in [0.1, 0.15) is 44.5 Å². The van der Waals surface area contributed by atoms with E-state index in [0.717, 1.165) is 6.42 Å². The van der Waals surface area contributed by atoms with Crippen LogP contribution in [0.4, 0.5) is 0 Å². The van der Waals surface area contributed by atoms with E-state index in [1.54, 1.807) is 31.2 Å². The van der Waals surface area contributed by atoms with Crippen molar-refractivity contribution in [2.75, 3.05) is 6.61 Å². The van der Waals surface area contributed by atoms with Gasteiger partial charge in [0.15, 0.2) is 5.78 Å². The maximum atomic E-state index is 12.0. The average molecular weight is 269 g/mol. The van der Waals surface area contributed by atoms with Gasteiger partial charge < -0.3 is 4.74 Å². The van der Waals surface area contributed by atoms with E-state index in [0.29, 0.717) is 17.2 Å². The molecule has 0 saturated heterocycles. The lowest BCUT2D eigenvalue weighted by molar-refractivity contribution is 0.0394. The number of benzene rings is 1. The minimum atomic E-state index is -0.409. The Bertz CT molecular complexity index is 390. The zero-order chi connectivity index (χ0) is 13.8. The van der Waals surface area contributed by atoms with E-state index >= 15 is 0 Å². The van der Waals surface area contributed by atoms with Gasteiger partial charge in [0.2, 0.25) is 0 Å². The highest BCUT2D eigenvalue weighted by molar-refractivity contribution is 6.30. The maximum Gasteiger partial charge on any atom is 0.191 e. The molecule has 0 fully saturated rings. The van der Waals surface area contributed by atoms with Crippen LogP contribution in [-0.4, -0.2) is 18.5 Å². The lowest BCUT2D eigenvalue weighted by Crippen LogP contribution is -2.23. The largest absolute Gasteiger partial charge is 0.370 e. The highest BCUT2D eigenvalue weighted by atomic mass is 35.5. The lowest BCUT2D eigenvalue weighted by Gasteiger charge is -2.19. The predicted molar refractivity (Wildman–Crippen MR) is 75.3 cm³/mol. The van der Waals surface area contributed by atoms with Crippen molar-refractivity contribution in [1.82, 2.24) is 0 Å². The third-order valence-electron chi connectivity index (χ3n) is 2.72. The van der Waals surface area contributed by atoms with Crippen molar-refractivity contribution in [3.8, 4) is 0 Å². The summed E-state index contributed by atoms with van der Waals surface area (Å²) in [5, 5.41) is 0.632. The standard InChI is InChI=1S/C15H21ClO2/c1-11(18-10-9-15(2,3)4)14(17)12-5-7-13(16)8-6-12/h5-8,11H,9-10H2,1-4H3. The number of ether oxygens (including phenoxy) is 1. The van der Waals surface area contributed by atoms with E-state index in [2.05, 4.69) is 20.8 Å². The summed E-state index contributed by atoms with van der Waals surface area (Å²) in [7, 11) is 0. The molecule has 1 aromatic carbocycles. The summed E-state index contributed by atoms with van der Waals surface area (Å²) >= 11 is 5.79. The minimum Gasteiger partial charge on any atom is -0.370 e. The maximum absolute atomic E-state index is 12.0. The number of carbonyl (C=O) groups is 1. The van der Waals surface area contributed by atoms with Gasteiger partial charge in [-0.05, 0) is 43.0 Å². The first-order chi connectivity index (χ1) is 8.29. The van der Waals surface area contributed by atoms with Gasteiger partial charge in [0.25, 0.3) is 0 Å². The van der Waals surface area contributed by atoms with Crippen LogP contribution < -0.4 is 0 Å². The Labute approximate surface area is 114 Å². The van der Waals surface area contributed by atoms with E-state index in [9.17, 15) is 4.79 Å². The van der Waals surface area contributed by atoms with Crippen molar-refractivity contribution in [1.29, 1.82) is 0 Å². The molecule has 0 aliphatic rings. The molecular weight excluding hydrogens is 248 g/mol. The van der Waals surface area contributed by atoms with Crippen molar-refractivity contribution < 1.29 is 9.53 Å². The molecule has 100 valence electrons. The van der Waals surface area contributed by atoms with E-state index in [1.807, 2.05) is 0 Å². The second-order valence-electron chi connectivity index (χ2n) is 5.69. The molecule has 1 unspecified atom stereocenters. The molecule has 0 heterocycles. The van der Waals surface area contributed by atoms with Crippen molar-refractivity contribution in [2.45, 2.75) is 40.2 Å². The van der Waals surface area contributed by atoms with Crippen LogP contribution in [0.25, 0.3) is 0 Å². The van der Waals surface area contributed by atoms with Crippen LogP contribution >= 0.6 is 11.6 Å². The summed E-state index contributed by atoms with van der Waals surface area (Å²) in [5.41, 5.74) is 0.867. The molecule has 1 atom stereocenters. The number of hydrogen-bond donors (Lipinski definition) is 0. The second kappa shape index (κ2) is 6.35. The predicted octanol–water partition coefficient (Wildman–Crippen LogP) is 4.36. The van der Waals surface area contributed by atoms with Gasteiger partial charge in [-0.3, -0.25) is 4.79 Å². The Hall–Kier alpha value is -0.860. The Morgan fingerprint density at radius 2 is 1.83 bits per heavy atom. The quantitative estimate of drug-likeness (QED) is 0.742. The third kappa shape index (κ3) is 5.19. The molecular formula is C15H21ClO2. The van der Waals surface area contributed by atoms with Gasteiger partial charge in [-0.1, -0.05) is 32.4 Å². The number of ketones is 1. The number of halogens is 1. The van der Waals surface area contributed by atoms with Crippen LogP contribution in [0.2, 0.25) is 5.02 Å². The molecule has 0 aliphatic carbocycles. The summed E-state index contributed by atoms with van der Waals surface area (Å²) in [4.78, 5) is 12.0. The van der Waals surface area contributed by atoms with Crippen LogP contribution in [0, 0.1) is 5.41 Å². The summed E-state index contributed by atoms with van der Waals surface area (Å²) < 4.78 is 5.58. The topological polar surface area (TPSA) is 26.3 Å². The molecule has 2 nitrogen and oxygen atoms in total. The van der Waals surface area contributed by atoms with Gasteiger partial charge in [-0.15, -0.1) is 0 Å². The number of rotatable bonds is 5. The van der Waals surface area contributed by atoms with Crippen molar-refractivity contribution in [3.05, 3.63) is 34.9 Å². The smallest absolute Gasteiger partial charge is 0.191 e. The molecule has 0 spiro atoms. The summed E-state index contributed by atoms with van der Waals surface area (Å²) in [6, 6.07) is 6.90. The van der Waals surface area contributed by atoms with Crippen LogP contribution in [0.15, 0.2) is 24.3 Å². The average Bonchev–Trinajstić information content (AvgIpc) is 2.27. The van der Waals surface area contributed by atoms with E-state index < -0.39 is 6.10 Å². The van der Waals surface area contributed by atoms with Crippen molar-refractivity contribution in [3.63, 3.8) is 0 Å². The fourth-order valence-electron chi connectivity index (χ4n) is 1.47. The molecule has 0 bridgehead atoms. The molecule has 0 amide bonds. The highest BCUT2D eigenvalue weighted by Crippen LogP contribution is 2.19. The van der Waals surface area contributed by atoms with Crippen molar-refractivity contribution in [2.24, 2.45) is 5.41 Å². The normalized spacial score (nSPS) is 13.4. The molecule has 0 N–H and O–H groups in total. The van der Waals surface area contributed by atoms with Crippen LogP contribution in [0.3, 0.4) is 0 Å². The number of carbonyl (C=O) groups excluding carboxylic acids is 1. The third-order valence-corrected chi connectivity index (χ3v) is 2.97. The Balaban J connectivity index is 2.49. The zero-order valence-electron chi connectivity index (χ0n) is 11.5. The molecule has 0 saturated carbocycles. The summed E-state index contributed by atoms with van der Waals surface area (Å²) in [6.45, 7) is 8.86. The molecule has 1 aromatic rings. The summed E-state index contributed by atoms with van der Waals surface area (Å²) in [5.74, 6) is 0.000533. The second-order valence-corrected chi connectivity index (χ2v) is 6.13. The van der Waals surface area contributed by atoms with Gasteiger partial charge >= 0.3 is 0 Å². The van der Waals surface area contributed by atoms with Gasteiger partial charge in [0.05, 0.1) is 0 Å². The van der Waals surface area contributed by atoms with Gasteiger partial charge in [-0.25, -0.2) is 0 Å². The van der Waals surface area contributed by atoms with Crippen molar-refractivity contribution >= 4 is 17.4 Å². The fraction of sp³-hybridized carbons (Fsp3) is 0.533. The van der Waals surface area contributed by atoms with Gasteiger partial charge in [0, 0.05) is 17.2 Å². The fourth-order valence-corrected chi connectivity index (χ4v) is 1.59. The number of Topliss-reactive ketones (excluding diaryl/α,β-unsaturated/α-hetero) is 1. The zero-order valence-corrected chi connectivity index (χ0v) is 12.3. The molecule has 0 radical (unpaired) electrons. The molecule has 0 aliphatic heterocycles. The molecule has 18 heavy (non-hydrogen) atoms. The highest BCUT2D eigenvalue weighted by Gasteiger charge is 2.17. The monoisotopic (exact) mass is 268 g/mol. The van der Waals surface area contributed by atoms with Crippen LogP contribution in [-0.2, 0) is 4.74 Å². The van der Waals surface area contributed by atoms with E-state index in [1.165, 1.54) is 0 Å². The lowest BCUT2D eigenvalue weighted by atomic mass is 9.93. The van der Waals surface area contributed by atoms with Gasteiger partial charge in [0.1, 0.15) is 6.10 Å². The number of hydrogen-bond acceptors (Lipinski definition) is 2. The van der Waals surface area contributed by atoms with E-state index in [-0.39, 0.29) is 11.2 Å². The van der Waals surface area contributed by atoms with E-state index in [4.69, 9.17) is 16.3 Å². The Morgan fingerprint density at radius 1 is 1.28 bits per heavy atom. The molecule has 3 heteroatoms. The molecule has 1 rings (SSSR count). The van der Waals surface area contributed by atoms with Gasteiger partial charge in [-0.2, -0.15) is 0 Å². The first-order valence-corrected chi connectivity index (χ1v) is 6.59. The first-order valence-electron chi connectivity index (χ1n) is 6.21. The summed E-state index contributed by atoms with van der Waals surface area (Å²) in [6.07, 6.45) is 0.527. The SMILES string of the molecule is CC(OCCC(C)(C)C)C(=O)c1ccc(Cl)cc1. The minimum absolute atomic E-state index is 0.000533. The first kappa shape index (κ1) is 15.2. The van der Waals surface area contributed by atoms with Crippen LogP contribution in [0.5, 0.6) is 0 Å². The molecule has 0 aromatic heterocycles. The Morgan fingerprint density at radius 3 is 2.33 bits per heavy atom. The Kier molecular flexibility index (Phi) is 5.36.